The molecular formula is C13H17BrN2O3S. The van der Waals surface area contributed by atoms with Crippen molar-refractivity contribution < 1.29 is 13.2 Å². The highest BCUT2D eigenvalue weighted by Crippen LogP contribution is 2.29. The van der Waals surface area contributed by atoms with E-state index in [2.05, 4.69) is 15.9 Å². The number of rotatable bonds is 3. The Kier molecular flexibility index (Phi) is 4.51. The van der Waals surface area contributed by atoms with Crippen LogP contribution < -0.4 is 0 Å². The van der Waals surface area contributed by atoms with Gasteiger partial charge in [0.15, 0.2) is 0 Å². The molecule has 0 aromatic heterocycles. The summed E-state index contributed by atoms with van der Waals surface area (Å²) in [4.78, 5) is 13.7. The van der Waals surface area contributed by atoms with Crippen molar-refractivity contribution in [3.63, 3.8) is 0 Å². The zero-order valence-electron chi connectivity index (χ0n) is 11.4. The SMILES string of the molecule is CN(C)C(=O)C1CCN(S(=O)(=O)c2ccccc2Br)C1. The van der Waals surface area contributed by atoms with Gasteiger partial charge in [-0.2, -0.15) is 4.31 Å². The lowest BCUT2D eigenvalue weighted by atomic mass is 10.1. The molecule has 7 heteroatoms. The van der Waals surface area contributed by atoms with Crippen LogP contribution in [0.5, 0.6) is 0 Å². The monoisotopic (exact) mass is 360 g/mol. The molecule has 0 saturated carbocycles. The first-order valence-corrected chi connectivity index (χ1v) is 8.53. The van der Waals surface area contributed by atoms with Gasteiger partial charge in [0.25, 0.3) is 0 Å². The lowest BCUT2D eigenvalue weighted by Crippen LogP contribution is -2.34. The van der Waals surface area contributed by atoms with Crippen molar-refractivity contribution in [2.45, 2.75) is 11.3 Å². The van der Waals surface area contributed by atoms with Crippen LogP contribution in [0.3, 0.4) is 0 Å². The van der Waals surface area contributed by atoms with Gasteiger partial charge < -0.3 is 4.90 Å². The topological polar surface area (TPSA) is 57.7 Å². The fraction of sp³-hybridized carbons (Fsp3) is 0.462. The molecule has 5 nitrogen and oxygen atoms in total. The van der Waals surface area contributed by atoms with Crippen LogP contribution in [0, 0.1) is 5.92 Å². The number of amides is 1. The molecule has 1 saturated heterocycles. The van der Waals surface area contributed by atoms with Gasteiger partial charge in [0, 0.05) is 31.7 Å². The number of hydrogen-bond donors (Lipinski definition) is 0. The van der Waals surface area contributed by atoms with Gasteiger partial charge in [-0.1, -0.05) is 12.1 Å². The Morgan fingerprint density at radius 2 is 2.00 bits per heavy atom. The average Bonchev–Trinajstić information content (AvgIpc) is 2.88. The zero-order valence-corrected chi connectivity index (χ0v) is 13.8. The van der Waals surface area contributed by atoms with Crippen LogP contribution >= 0.6 is 15.9 Å². The number of hydrogen-bond acceptors (Lipinski definition) is 3. The largest absolute Gasteiger partial charge is 0.349 e. The van der Waals surface area contributed by atoms with Crippen molar-refractivity contribution in [1.82, 2.24) is 9.21 Å². The van der Waals surface area contributed by atoms with Crippen LogP contribution in [0.25, 0.3) is 0 Å². The maximum atomic E-state index is 12.6. The van der Waals surface area contributed by atoms with Crippen LogP contribution in [-0.2, 0) is 14.8 Å². The first-order valence-electron chi connectivity index (χ1n) is 6.30. The minimum absolute atomic E-state index is 0.0187. The van der Waals surface area contributed by atoms with Crippen molar-refractivity contribution in [1.29, 1.82) is 0 Å². The molecule has 1 aromatic rings. The molecule has 1 fully saturated rings. The molecular weight excluding hydrogens is 344 g/mol. The van der Waals surface area contributed by atoms with Gasteiger partial charge in [-0.05, 0) is 34.5 Å². The molecule has 110 valence electrons. The van der Waals surface area contributed by atoms with E-state index in [9.17, 15) is 13.2 Å². The third-order valence-corrected chi connectivity index (χ3v) is 6.27. The number of nitrogens with zero attached hydrogens (tertiary/aromatic N) is 2. The summed E-state index contributed by atoms with van der Waals surface area (Å²) >= 11 is 3.27. The molecule has 0 N–H and O–H groups in total. The molecule has 1 amide bonds. The molecule has 0 spiro atoms. The van der Waals surface area contributed by atoms with Gasteiger partial charge in [-0.25, -0.2) is 8.42 Å². The molecule has 1 unspecified atom stereocenters. The molecule has 1 aliphatic rings. The van der Waals surface area contributed by atoms with Gasteiger partial charge in [-0.15, -0.1) is 0 Å². The Balaban J connectivity index is 2.22. The van der Waals surface area contributed by atoms with E-state index in [-0.39, 0.29) is 23.3 Å². The maximum Gasteiger partial charge on any atom is 0.244 e. The van der Waals surface area contributed by atoms with Crippen molar-refractivity contribution in [3.8, 4) is 0 Å². The van der Waals surface area contributed by atoms with E-state index in [0.29, 0.717) is 17.4 Å². The van der Waals surface area contributed by atoms with Crippen LogP contribution in [0.4, 0.5) is 0 Å². The van der Waals surface area contributed by atoms with E-state index in [1.54, 1.807) is 38.4 Å². The van der Waals surface area contributed by atoms with Crippen molar-refractivity contribution in [2.75, 3.05) is 27.2 Å². The zero-order chi connectivity index (χ0) is 14.9. The average molecular weight is 361 g/mol. The van der Waals surface area contributed by atoms with E-state index in [0.717, 1.165) is 0 Å². The van der Waals surface area contributed by atoms with E-state index in [1.165, 1.54) is 9.21 Å². The number of sulfonamides is 1. The van der Waals surface area contributed by atoms with E-state index in [1.807, 2.05) is 0 Å². The van der Waals surface area contributed by atoms with Gasteiger partial charge >= 0.3 is 0 Å². The fourth-order valence-electron chi connectivity index (χ4n) is 2.31. The molecule has 2 rings (SSSR count). The minimum Gasteiger partial charge on any atom is -0.349 e. The predicted molar refractivity (Wildman–Crippen MR) is 79.7 cm³/mol. The highest BCUT2D eigenvalue weighted by Gasteiger charge is 2.36. The maximum absolute atomic E-state index is 12.6. The Morgan fingerprint density at radius 1 is 1.35 bits per heavy atom. The van der Waals surface area contributed by atoms with Gasteiger partial charge in [0.1, 0.15) is 0 Å². The molecule has 0 radical (unpaired) electrons. The smallest absolute Gasteiger partial charge is 0.244 e. The highest BCUT2D eigenvalue weighted by molar-refractivity contribution is 9.10. The Labute approximate surface area is 127 Å². The van der Waals surface area contributed by atoms with Crippen molar-refractivity contribution >= 4 is 31.9 Å². The third-order valence-electron chi connectivity index (χ3n) is 3.40. The summed E-state index contributed by atoms with van der Waals surface area (Å²) in [6.45, 7) is 0.634. The Morgan fingerprint density at radius 3 is 2.60 bits per heavy atom. The molecule has 1 heterocycles. The lowest BCUT2D eigenvalue weighted by Gasteiger charge is -2.18. The van der Waals surface area contributed by atoms with Crippen LogP contribution in [0.1, 0.15) is 6.42 Å². The summed E-state index contributed by atoms with van der Waals surface area (Å²) in [7, 11) is -0.170. The lowest BCUT2D eigenvalue weighted by molar-refractivity contribution is -0.132. The fourth-order valence-corrected chi connectivity index (χ4v) is 4.77. The van der Waals surface area contributed by atoms with E-state index < -0.39 is 10.0 Å². The summed E-state index contributed by atoms with van der Waals surface area (Å²) in [5, 5.41) is 0. The predicted octanol–water partition coefficient (Wildman–Crippen LogP) is 1.55. The first-order chi connectivity index (χ1) is 9.34. The Hall–Kier alpha value is -0.920. The molecule has 0 aliphatic carbocycles. The molecule has 1 atom stereocenters. The standard InChI is InChI=1S/C13H17BrN2O3S/c1-15(2)13(17)10-7-8-16(9-10)20(18,19)12-6-4-3-5-11(12)14/h3-6,10H,7-9H2,1-2H3. The van der Waals surface area contributed by atoms with Crippen LogP contribution in [0.15, 0.2) is 33.6 Å². The molecule has 0 bridgehead atoms. The minimum atomic E-state index is -3.55. The van der Waals surface area contributed by atoms with E-state index in [4.69, 9.17) is 0 Å². The van der Waals surface area contributed by atoms with Crippen molar-refractivity contribution in [3.05, 3.63) is 28.7 Å². The summed E-state index contributed by atoms with van der Waals surface area (Å²) in [6, 6.07) is 6.73. The highest BCUT2D eigenvalue weighted by atomic mass is 79.9. The number of benzene rings is 1. The second-order valence-electron chi connectivity index (χ2n) is 5.01. The third kappa shape index (κ3) is 2.89. The molecule has 1 aromatic carbocycles. The number of carbonyl (C=O) groups is 1. The van der Waals surface area contributed by atoms with Gasteiger partial charge in [0.05, 0.1) is 10.8 Å². The normalized spacial score (nSPS) is 20.1. The number of halogens is 1. The summed E-state index contributed by atoms with van der Waals surface area (Å²) < 4.78 is 27.1. The number of carbonyl (C=O) groups excluding carboxylic acids is 1. The van der Waals surface area contributed by atoms with Gasteiger partial charge in [0.2, 0.25) is 15.9 Å². The van der Waals surface area contributed by atoms with E-state index >= 15 is 0 Å². The molecule has 1 aliphatic heterocycles. The van der Waals surface area contributed by atoms with Crippen LogP contribution in [0.2, 0.25) is 0 Å². The quantitative estimate of drug-likeness (QED) is 0.821. The van der Waals surface area contributed by atoms with Crippen molar-refractivity contribution in [2.24, 2.45) is 5.92 Å². The second kappa shape index (κ2) is 5.83. The summed E-state index contributed by atoms with van der Waals surface area (Å²) in [5.74, 6) is -0.267. The second-order valence-corrected chi connectivity index (χ2v) is 7.77. The van der Waals surface area contributed by atoms with Crippen LogP contribution in [-0.4, -0.2) is 50.7 Å². The first kappa shape index (κ1) is 15.5. The Bertz CT molecular complexity index is 616. The summed E-state index contributed by atoms with van der Waals surface area (Å²) in [5.41, 5.74) is 0. The van der Waals surface area contributed by atoms with Gasteiger partial charge in [-0.3, -0.25) is 4.79 Å². The summed E-state index contributed by atoms with van der Waals surface area (Å²) in [6.07, 6.45) is 0.570. The molecule has 20 heavy (non-hydrogen) atoms.